The summed E-state index contributed by atoms with van der Waals surface area (Å²) in [6, 6.07) is 22.5. The highest BCUT2D eigenvalue weighted by atomic mass is 32.1. The third-order valence-electron chi connectivity index (χ3n) is 7.72. The van der Waals surface area contributed by atoms with Crippen LogP contribution in [0.2, 0.25) is 0 Å². The standard InChI is InChI=1S/C31H30FN3O2S/c32-24-9-3-8-23(20-24)30-27-13-19-38-28(27)12-16-35(30)21-29(36)33-14-5-15-34(18-17-33)31(37)26-11-4-7-22-6-1-2-10-25(22)26/h1-4,6-11,13,19-20,30H,5,12,14-18,21H2. The Balaban J connectivity index is 1.16. The summed E-state index contributed by atoms with van der Waals surface area (Å²) in [6.07, 6.45) is 1.63. The van der Waals surface area contributed by atoms with Crippen molar-refractivity contribution < 1.29 is 14.0 Å². The molecule has 1 unspecified atom stereocenters. The Labute approximate surface area is 226 Å². The summed E-state index contributed by atoms with van der Waals surface area (Å²) >= 11 is 1.73. The lowest BCUT2D eigenvalue weighted by Crippen LogP contribution is -2.45. The van der Waals surface area contributed by atoms with Gasteiger partial charge in [-0.25, -0.2) is 4.39 Å². The number of hydrogen-bond acceptors (Lipinski definition) is 4. The normalized spacial score (nSPS) is 18.3. The Hall–Kier alpha value is -3.55. The molecule has 38 heavy (non-hydrogen) atoms. The van der Waals surface area contributed by atoms with Gasteiger partial charge in [-0.3, -0.25) is 14.5 Å². The monoisotopic (exact) mass is 527 g/mol. The van der Waals surface area contributed by atoms with Gasteiger partial charge in [-0.05, 0) is 64.4 Å². The molecule has 1 fully saturated rings. The number of carbonyl (C=O) groups excluding carboxylic acids is 2. The zero-order valence-corrected chi connectivity index (χ0v) is 22.0. The summed E-state index contributed by atoms with van der Waals surface area (Å²) in [4.78, 5) is 34.3. The summed E-state index contributed by atoms with van der Waals surface area (Å²) in [5.41, 5.74) is 2.75. The maximum absolute atomic E-state index is 14.1. The maximum atomic E-state index is 14.1. The van der Waals surface area contributed by atoms with Gasteiger partial charge in [0.1, 0.15) is 5.82 Å². The van der Waals surface area contributed by atoms with E-state index in [1.807, 2.05) is 58.3 Å². The number of nitrogens with zero attached hydrogens (tertiary/aromatic N) is 3. The first-order valence-corrected chi connectivity index (χ1v) is 14.1. The number of fused-ring (bicyclic) bond motifs is 2. The van der Waals surface area contributed by atoms with Crippen LogP contribution in [-0.4, -0.2) is 65.8 Å². The third-order valence-corrected chi connectivity index (χ3v) is 8.72. The summed E-state index contributed by atoms with van der Waals surface area (Å²) in [5, 5.41) is 4.09. The van der Waals surface area contributed by atoms with Crippen LogP contribution in [0.25, 0.3) is 10.8 Å². The lowest BCUT2D eigenvalue weighted by atomic mass is 9.93. The van der Waals surface area contributed by atoms with Crippen LogP contribution >= 0.6 is 11.3 Å². The van der Waals surface area contributed by atoms with Crippen molar-refractivity contribution in [3.63, 3.8) is 0 Å². The molecule has 1 atom stereocenters. The van der Waals surface area contributed by atoms with Crippen LogP contribution in [0.15, 0.2) is 78.2 Å². The molecule has 1 saturated heterocycles. The Morgan fingerprint density at radius 2 is 1.66 bits per heavy atom. The smallest absolute Gasteiger partial charge is 0.254 e. The van der Waals surface area contributed by atoms with Gasteiger partial charge in [0, 0.05) is 43.2 Å². The third kappa shape index (κ3) is 4.84. The van der Waals surface area contributed by atoms with E-state index in [0.717, 1.165) is 35.7 Å². The van der Waals surface area contributed by atoms with E-state index in [1.165, 1.54) is 16.5 Å². The van der Waals surface area contributed by atoms with Gasteiger partial charge in [-0.1, -0.05) is 48.5 Å². The molecule has 0 spiro atoms. The van der Waals surface area contributed by atoms with Crippen LogP contribution in [0, 0.1) is 5.82 Å². The first kappa shape index (κ1) is 24.8. The minimum Gasteiger partial charge on any atom is -0.340 e. The summed E-state index contributed by atoms with van der Waals surface area (Å²) in [7, 11) is 0. The van der Waals surface area contributed by atoms with Crippen molar-refractivity contribution >= 4 is 33.9 Å². The molecular formula is C31H30FN3O2S. The summed E-state index contributed by atoms with van der Waals surface area (Å²) in [5.74, 6) is -0.188. The lowest BCUT2D eigenvalue weighted by molar-refractivity contribution is -0.132. The summed E-state index contributed by atoms with van der Waals surface area (Å²) in [6.45, 7) is 3.29. The van der Waals surface area contributed by atoms with Crippen molar-refractivity contribution in [2.45, 2.75) is 18.9 Å². The van der Waals surface area contributed by atoms with Crippen molar-refractivity contribution in [2.24, 2.45) is 0 Å². The largest absolute Gasteiger partial charge is 0.340 e. The van der Waals surface area contributed by atoms with E-state index in [2.05, 4.69) is 16.3 Å². The molecule has 0 aliphatic carbocycles. The zero-order chi connectivity index (χ0) is 26.1. The van der Waals surface area contributed by atoms with E-state index in [4.69, 9.17) is 0 Å². The molecule has 0 radical (unpaired) electrons. The van der Waals surface area contributed by atoms with E-state index in [-0.39, 0.29) is 30.2 Å². The van der Waals surface area contributed by atoms with Crippen molar-refractivity contribution in [2.75, 3.05) is 39.3 Å². The maximum Gasteiger partial charge on any atom is 0.254 e. The predicted molar refractivity (Wildman–Crippen MR) is 149 cm³/mol. The second-order valence-electron chi connectivity index (χ2n) is 10.0. The number of halogens is 1. The number of amides is 2. The first-order valence-electron chi connectivity index (χ1n) is 13.2. The quantitative estimate of drug-likeness (QED) is 0.359. The molecule has 2 aliphatic rings. The summed E-state index contributed by atoms with van der Waals surface area (Å²) < 4.78 is 14.1. The second kappa shape index (κ2) is 10.7. The second-order valence-corrected chi connectivity index (χ2v) is 11.0. The van der Waals surface area contributed by atoms with Gasteiger partial charge in [0.25, 0.3) is 5.91 Å². The Morgan fingerprint density at radius 1 is 0.868 bits per heavy atom. The zero-order valence-electron chi connectivity index (χ0n) is 21.2. The van der Waals surface area contributed by atoms with Gasteiger partial charge in [-0.2, -0.15) is 0 Å². The Bertz CT molecular complexity index is 1480. The number of carbonyl (C=O) groups is 2. The van der Waals surface area contributed by atoms with E-state index < -0.39 is 0 Å². The fourth-order valence-electron chi connectivity index (χ4n) is 5.83. The van der Waals surface area contributed by atoms with Crippen LogP contribution in [-0.2, 0) is 11.2 Å². The molecule has 2 aliphatic heterocycles. The highest BCUT2D eigenvalue weighted by molar-refractivity contribution is 7.10. The highest BCUT2D eigenvalue weighted by Gasteiger charge is 2.32. The van der Waals surface area contributed by atoms with Crippen molar-refractivity contribution in [3.8, 4) is 0 Å². The molecular weight excluding hydrogens is 497 g/mol. The molecule has 7 heteroatoms. The van der Waals surface area contributed by atoms with Crippen molar-refractivity contribution in [1.29, 1.82) is 0 Å². The molecule has 0 N–H and O–H groups in total. The molecule has 5 nitrogen and oxygen atoms in total. The lowest BCUT2D eigenvalue weighted by Gasteiger charge is -2.37. The van der Waals surface area contributed by atoms with Crippen molar-refractivity contribution in [3.05, 3.63) is 106 Å². The van der Waals surface area contributed by atoms with E-state index in [1.54, 1.807) is 23.5 Å². The average Bonchev–Trinajstić information content (AvgIpc) is 3.27. The highest BCUT2D eigenvalue weighted by Crippen LogP contribution is 2.37. The molecule has 2 amide bonds. The van der Waals surface area contributed by atoms with Crippen molar-refractivity contribution in [1.82, 2.24) is 14.7 Å². The predicted octanol–water partition coefficient (Wildman–Crippen LogP) is 5.36. The van der Waals surface area contributed by atoms with Gasteiger partial charge in [0.05, 0.1) is 12.6 Å². The molecule has 194 valence electrons. The first-order chi connectivity index (χ1) is 18.6. The molecule has 0 saturated carbocycles. The average molecular weight is 528 g/mol. The van der Waals surface area contributed by atoms with Crippen LogP contribution in [0.1, 0.15) is 38.8 Å². The van der Waals surface area contributed by atoms with Crippen LogP contribution in [0.5, 0.6) is 0 Å². The van der Waals surface area contributed by atoms with Gasteiger partial charge < -0.3 is 9.80 Å². The molecule has 6 rings (SSSR count). The molecule has 3 aromatic carbocycles. The van der Waals surface area contributed by atoms with E-state index in [9.17, 15) is 14.0 Å². The number of rotatable bonds is 4. The fourth-order valence-corrected chi connectivity index (χ4v) is 6.74. The minimum atomic E-state index is -0.264. The molecule has 1 aromatic heterocycles. The van der Waals surface area contributed by atoms with Gasteiger partial charge in [0.2, 0.25) is 5.91 Å². The van der Waals surface area contributed by atoms with Gasteiger partial charge >= 0.3 is 0 Å². The van der Waals surface area contributed by atoms with Crippen LogP contribution in [0.4, 0.5) is 4.39 Å². The van der Waals surface area contributed by atoms with Crippen LogP contribution in [0.3, 0.4) is 0 Å². The van der Waals surface area contributed by atoms with Gasteiger partial charge in [-0.15, -0.1) is 11.3 Å². The molecule has 4 aromatic rings. The van der Waals surface area contributed by atoms with Crippen LogP contribution < -0.4 is 0 Å². The Morgan fingerprint density at radius 3 is 2.55 bits per heavy atom. The minimum absolute atomic E-state index is 0.0169. The number of benzene rings is 3. The SMILES string of the molecule is O=C(CN1CCc2sccc2C1c1cccc(F)c1)N1CCCN(C(=O)c2cccc3ccccc23)CC1. The van der Waals surface area contributed by atoms with E-state index >= 15 is 0 Å². The molecule has 0 bridgehead atoms. The van der Waals surface area contributed by atoms with Gasteiger partial charge in [0.15, 0.2) is 0 Å². The van der Waals surface area contributed by atoms with E-state index in [0.29, 0.717) is 31.7 Å². The number of hydrogen-bond donors (Lipinski definition) is 0. The Kier molecular flexibility index (Phi) is 6.96. The topological polar surface area (TPSA) is 43.9 Å². The number of thiophene rings is 1. The fraction of sp³-hybridized carbons (Fsp3) is 0.290. The molecule has 3 heterocycles.